The molecule has 2 aromatic heterocycles. The van der Waals surface area contributed by atoms with Crippen LogP contribution < -0.4 is 10.6 Å². The molecule has 3 N–H and O–H groups in total. The molecule has 0 bridgehead atoms. The van der Waals surface area contributed by atoms with Crippen LogP contribution >= 0.6 is 0 Å². The van der Waals surface area contributed by atoms with Crippen molar-refractivity contribution in [1.29, 1.82) is 0 Å². The van der Waals surface area contributed by atoms with Crippen LogP contribution in [0.25, 0.3) is 17.2 Å². The zero-order valence-corrected chi connectivity index (χ0v) is 23.5. The van der Waals surface area contributed by atoms with Gasteiger partial charge in [-0.3, -0.25) is 9.88 Å². The maximum absolute atomic E-state index is 14.5. The van der Waals surface area contributed by atoms with Gasteiger partial charge in [-0.25, -0.2) is 28.9 Å². The van der Waals surface area contributed by atoms with E-state index in [4.69, 9.17) is 18.9 Å². The highest BCUT2D eigenvalue weighted by molar-refractivity contribution is 5.95. The summed E-state index contributed by atoms with van der Waals surface area (Å²) in [5.74, 6) is -1.71. The zero-order chi connectivity index (χ0) is 30.6. The molecule has 2 saturated heterocycles. The summed E-state index contributed by atoms with van der Waals surface area (Å²) in [6.07, 6.45) is 3.14. The highest BCUT2D eigenvalue weighted by Crippen LogP contribution is 2.41. The standard InChI is InChI=1S/C30H29FN6O7/c1-2-32-30(40)36-26-23-27(34-15-33-26)37(16-35-23)28-25-24(43-22(44-25)12-11-17-7-4-3-5-8-17)21(42-28)14-41-13-19-18(29(38)39)9-6-10-20(19)31/h3-12,15-16,21-22,24-25,28H,2,13-14H2,1H3,(H,38,39)(H2,32,33,34,36,40)/b12-11+/t21?,22-,24?,25?,28?/m0/s1. The Kier molecular flexibility index (Phi) is 8.56. The monoisotopic (exact) mass is 604 g/mol. The zero-order valence-electron chi connectivity index (χ0n) is 23.5. The average molecular weight is 605 g/mol. The molecule has 0 radical (unpaired) electrons. The predicted molar refractivity (Wildman–Crippen MR) is 154 cm³/mol. The third-order valence-electron chi connectivity index (χ3n) is 7.19. The molecule has 2 amide bonds. The van der Waals surface area contributed by atoms with Crippen LogP contribution in [0.3, 0.4) is 0 Å². The number of benzene rings is 2. The fourth-order valence-electron chi connectivity index (χ4n) is 5.19. The maximum atomic E-state index is 14.5. The Hall–Kier alpha value is -4.76. The van der Waals surface area contributed by atoms with E-state index in [2.05, 4.69) is 25.6 Å². The fraction of sp³-hybridized carbons (Fsp3) is 0.300. The minimum atomic E-state index is -1.25. The topological polar surface area (TPSA) is 159 Å². The molecule has 2 aliphatic rings. The number of carboxylic acid groups (broad SMARTS) is 1. The number of amides is 2. The third-order valence-corrected chi connectivity index (χ3v) is 7.19. The lowest BCUT2D eigenvalue weighted by atomic mass is 10.1. The molecular formula is C30H29FN6O7. The van der Waals surface area contributed by atoms with Gasteiger partial charge < -0.3 is 29.4 Å². The van der Waals surface area contributed by atoms with Gasteiger partial charge in [-0.2, -0.15) is 0 Å². The van der Waals surface area contributed by atoms with Crippen molar-refractivity contribution in [2.24, 2.45) is 0 Å². The van der Waals surface area contributed by atoms with Crippen LogP contribution in [-0.4, -0.2) is 74.4 Å². The van der Waals surface area contributed by atoms with Crippen molar-refractivity contribution >= 4 is 35.1 Å². The SMILES string of the molecule is CCNC(=O)Nc1ncnc2c1ncn2C1OC(COCc2c(F)cccc2C(=O)O)C2O[C@H](/C=C/c3ccccc3)OC21. The van der Waals surface area contributed by atoms with Crippen LogP contribution in [0.1, 0.15) is 34.6 Å². The van der Waals surface area contributed by atoms with Crippen LogP contribution in [0.5, 0.6) is 0 Å². The molecule has 0 aliphatic carbocycles. The van der Waals surface area contributed by atoms with Crippen molar-refractivity contribution in [1.82, 2.24) is 24.8 Å². The van der Waals surface area contributed by atoms with E-state index in [-0.39, 0.29) is 30.2 Å². The number of aromatic nitrogens is 4. The van der Waals surface area contributed by atoms with Gasteiger partial charge in [0.25, 0.3) is 0 Å². The van der Waals surface area contributed by atoms with E-state index in [0.717, 1.165) is 5.56 Å². The minimum Gasteiger partial charge on any atom is -0.478 e. The number of carbonyl (C=O) groups is 2. The van der Waals surface area contributed by atoms with Crippen molar-refractivity contribution in [2.75, 3.05) is 18.5 Å². The molecule has 2 aliphatic heterocycles. The quantitative estimate of drug-likeness (QED) is 0.243. The highest BCUT2D eigenvalue weighted by Gasteiger charge is 2.53. The molecule has 2 fully saturated rings. The molecule has 228 valence electrons. The number of fused-ring (bicyclic) bond motifs is 2. The molecule has 4 unspecified atom stereocenters. The van der Waals surface area contributed by atoms with Gasteiger partial charge in [0.1, 0.15) is 30.5 Å². The van der Waals surface area contributed by atoms with E-state index in [0.29, 0.717) is 17.7 Å². The Labute approximate surface area is 250 Å². The van der Waals surface area contributed by atoms with Gasteiger partial charge in [-0.15, -0.1) is 0 Å². The van der Waals surface area contributed by atoms with Crippen molar-refractivity contribution in [3.8, 4) is 0 Å². The fourth-order valence-corrected chi connectivity index (χ4v) is 5.19. The largest absolute Gasteiger partial charge is 0.478 e. The number of imidazole rings is 1. The minimum absolute atomic E-state index is 0.0465. The first-order valence-corrected chi connectivity index (χ1v) is 13.9. The predicted octanol–water partition coefficient (Wildman–Crippen LogP) is 3.74. The number of nitrogens with zero attached hydrogens (tertiary/aromatic N) is 4. The van der Waals surface area contributed by atoms with Gasteiger partial charge in [0.05, 0.1) is 25.1 Å². The van der Waals surface area contributed by atoms with Crippen molar-refractivity contribution < 1.29 is 38.0 Å². The molecule has 0 saturated carbocycles. The summed E-state index contributed by atoms with van der Waals surface area (Å²) in [6.45, 7) is 1.90. The van der Waals surface area contributed by atoms with Crippen molar-refractivity contribution in [3.63, 3.8) is 0 Å². The first kappa shape index (κ1) is 29.3. The summed E-state index contributed by atoms with van der Waals surface area (Å²) in [7, 11) is 0. The summed E-state index contributed by atoms with van der Waals surface area (Å²) < 4.78 is 40.8. The first-order chi connectivity index (χ1) is 21.4. The lowest BCUT2D eigenvalue weighted by Gasteiger charge is -2.20. The maximum Gasteiger partial charge on any atom is 0.336 e. The molecule has 5 atom stereocenters. The second kappa shape index (κ2) is 12.9. The first-order valence-electron chi connectivity index (χ1n) is 13.9. The van der Waals surface area contributed by atoms with E-state index < -0.39 is 48.6 Å². The van der Waals surface area contributed by atoms with Gasteiger partial charge in [0.15, 0.2) is 29.5 Å². The van der Waals surface area contributed by atoms with Crippen LogP contribution in [0.2, 0.25) is 0 Å². The molecule has 14 heteroatoms. The summed E-state index contributed by atoms with van der Waals surface area (Å²) in [4.78, 5) is 36.7. The number of carboxylic acids is 1. The summed E-state index contributed by atoms with van der Waals surface area (Å²) >= 11 is 0. The van der Waals surface area contributed by atoms with Crippen molar-refractivity contribution in [3.05, 3.63) is 89.8 Å². The lowest BCUT2D eigenvalue weighted by Crippen LogP contribution is -2.32. The van der Waals surface area contributed by atoms with Crippen molar-refractivity contribution in [2.45, 2.75) is 44.4 Å². The number of ether oxygens (including phenoxy) is 4. The number of hydrogen-bond acceptors (Lipinski definition) is 9. The smallest absolute Gasteiger partial charge is 0.336 e. The Morgan fingerprint density at radius 2 is 1.89 bits per heavy atom. The van der Waals surface area contributed by atoms with Crippen LogP contribution in [0.4, 0.5) is 15.0 Å². The Balaban J connectivity index is 1.25. The Morgan fingerprint density at radius 3 is 2.68 bits per heavy atom. The van der Waals surface area contributed by atoms with E-state index in [9.17, 15) is 19.1 Å². The van der Waals surface area contributed by atoms with Crippen LogP contribution in [-0.2, 0) is 25.6 Å². The number of carbonyl (C=O) groups excluding carboxylic acids is 1. The Bertz CT molecular complexity index is 1680. The molecule has 0 spiro atoms. The molecule has 44 heavy (non-hydrogen) atoms. The number of hydrogen-bond donors (Lipinski definition) is 3. The second-order valence-corrected chi connectivity index (χ2v) is 10.0. The van der Waals surface area contributed by atoms with E-state index in [1.165, 1.54) is 30.9 Å². The number of aromatic carboxylic acids is 1. The van der Waals surface area contributed by atoms with E-state index >= 15 is 0 Å². The number of nitrogens with one attached hydrogen (secondary N) is 2. The summed E-state index contributed by atoms with van der Waals surface area (Å²) in [5.41, 5.74) is 1.46. The number of urea groups is 1. The molecule has 13 nitrogen and oxygen atoms in total. The van der Waals surface area contributed by atoms with Gasteiger partial charge >= 0.3 is 12.0 Å². The molecule has 6 rings (SSSR count). The van der Waals surface area contributed by atoms with Crippen LogP contribution in [0.15, 0.2) is 67.3 Å². The van der Waals surface area contributed by atoms with E-state index in [1.807, 2.05) is 36.4 Å². The second-order valence-electron chi connectivity index (χ2n) is 10.0. The summed E-state index contributed by atoms with van der Waals surface area (Å²) in [6, 6.07) is 13.1. The van der Waals surface area contributed by atoms with Gasteiger partial charge in [0.2, 0.25) is 0 Å². The molecule has 4 heterocycles. The third kappa shape index (κ3) is 6.01. The molecule has 2 aromatic carbocycles. The Morgan fingerprint density at radius 1 is 1.07 bits per heavy atom. The normalized spacial score (nSPS) is 22.8. The molecule has 4 aromatic rings. The highest BCUT2D eigenvalue weighted by atomic mass is 19.1. The summed E-state index contributed by atoms with van der Waals surface area (Å²) in [5, 5.41) is 14.8. The van der Waals surface area contributed by atoms with E-state index in [1.54, 1.807) is 17.6 Å². The van der Waals surface area contributed by atoms with Gasteiger partial charge in [-0.05, 0) is 30.7 Å². The van der Waals surface area contributed by atoms with Gasteiger partial charge in [0, 0.05) is 12.1 Å². The number of anilines is 1. The number of halogens is 1. The lowest BCUT2D eigenvalue weighted by molar-refractivity contribution is -0.139. The average Bonchev–Trinajstić information content (AvgIpc) is 3.72. The number of rotatable bonds is 10. The molecular weight excluding hydrogens is 575 g/mol. The van der Waals surface area contributed by atoms with Crippen LogP contribution in [0, 0.1) is 5.82 Å². The van der Waals surface area contributed by atoms with Gasteiger partial charge in [-0.1, -0.05) is 42.5 Å².